The maximum atomic E-state index is 12.9. The summed E-state index contributed by atoms with van der Waals surface area (Å²) >= 11 is 0. The van der Waals surface area contributed by atoms with Gasteiger partial charge in [0, 0.05) is 22.0 Å². The molecule has 0 bridgehead atoms. The highest BCUT2D eigenvalue weighted by Gasteiger charge is 2.56. The molecule has 0 unspecified atom stereocenters. The Labute approximate surface area is 152 Å². The van der Waals surface area contributed by atoms with Crippen LogP contribution in [0.15, 0.2) is 11.3 Å². The van der Waals surface area contributed by atoms with E-state index in [0.717, 1.165) is 0 Å². The van der Waals surface area contributed by atoms with Crippen LogP contribution in [0, 0.1) is 5.41 Å². The summed E-state index contributed by atoms with van der Waals surface area (Å²) in [6.45, 7) is 8.66. The van der Waals surface area contributed by atoms with Gasteiger partial charge in [0.1, 0.15) is 5.75 Å². The van der Waals surface area contributed by atoms with Gasteiger partial charge in [-0.15, -0.1) is 0 Å². The smallest absolute Gasteiger partial charge is 0.231 e. The van der Waals surface area contributed by atoms with E-state index >= 15 is 0 Å². The van der Waals surface area contributed by atoms with Gasteiger partial charge >= 0.3 is 0 Å². The fourth-order valence-electron chi connectivity index (χ4n) is 4.87. The van der Waals surface area contributed by atoms with Crippen LogP contribution >= 0.6 is 0 Å². The zero-order valence-corrected chi connectivity index (χ0v) is 15.7. The van der Waals surface area contributed by atoms with Gasteiger partial charge in [-0.3, -0.25) is 4.79 Å². The molecule has 0 radical (unpaired) electrons. The molecule has 1 aromatic carbocycles. The topological polar surface area (TPSA) is 118 Å². The van der Waals surface area contributed by atoms with Crippen LogP contribution in [0.3, 0.4) is 0 Å². The van der Waals surface area contributed by atoms with Crippen molar-refractivity contribution in [3.63, 3.8) is 0 Å². The number of hydrogen-bond acceptors (Lipinski definition) is 6. The highest BCUT2D eigenvalue weighted by atomic mass is 16.3. The lowest BCUT2D eigenvalue weighted by Crippen LogP contribution is -2.49. The average molecular weight is 362 g/mol. The van der Waals surface area contributed by atoms with Crippen LogP contribution in [0.2, 0.25) is 0 Å². The molecule has 1 saturated carbocycles. The van der Waals surface area contributed by atoms with E-state index < -0.39 is 45.7 Å². The summed E-state index contributed by atoms with van der Waals surface area (Å²) in [5.74, 6) is -2.96. The highest BCUT2D eigenvalue weighted by molar-refractivity contribution is 6.13. The number of rotatable bonds is 1. The van der Waals surface area contributed by atoms with Crippen molar-refractivity contribution < 1.29 is 30.3 Å². The van der Waals surface area contributed by atoms with E-state index in [2.05, 4.69) is 0 Å². The third kappa shape index (κ3) is 2.05. The Hall–Kier alpha value is -2.21. The summed E-state index contributed by atoms with van der Waals surface area (Å²) in [4.78, 5) is 12.9. The number of carbonyl (C=O) groups is 1. The van der Waals surface area contributed by atoms with Gasteiger partial charge in [0.05, 0.1) is 11.7 Å². The van der Waals surface area contributed by atoms with E-state index in [9.17, 15) is 30.3 Å². The third-order valence-corrected chi connectivity index (χ3v) is 6.21. The van der Waals surface area contributed by atoms with Crippen LogP contribution in [0.5, 0.6) is 17.2 Å². The Balaban J connectivity index is 2.46. The minimum absolute atomic E-state index is 0.0737. The summed E-state index contributed by atoms with van der Waals surface area (Å²) in [5, 5.41) is 53.1. The fourth-order valence-corrected chi connectivity index (χ4v) is 4.87. The van der Waals surface area contributed by atoms with Gasteiger partial charge in [0.15, 0.2) is 17.3 Å². The number of phenolic OH excluding ortho intramolecular Hbond substituents is 3. The van der Waals surface area contributed by atoms with Crippen molar-refractivity contribution in [3.8, 4) is 17.2 Å². The minimum Gasteiger partial charge on any atom is -0.507 e. The van der Waals surface area contributed by atoms with Crippen LogP contribution in [0.1, 0.15) is 74.9 Å². The third-order valence-electron chi connectivity index (χ3n) is 6.21. The van der Waals surface area contributed by atoms with Crippen molar-refractivity contribution >= 4 is 5.78 Å². The van der Waals surface area contributed by atoms with E-state index in [1.54, 1.807) is 34.6 Å². The molecule has 6 nitrogen and oxygen atoms in total. The highest BCUT2D eigenvalue weighted by Crippen LogP contribution is 2.61. The average Bonchev–Trinajstić information content (AvgIpc) is 2.52. The summed E-state index contributed by atoms with van der Waals surface area (Å²) in [6.07, 6.45) is -0.0210. The van der Waals surface area contributed by atoms with Crippen molar-refractivity contribution in [2.75, 3.05) is 0 Å². The fraction of sp³-hybridized carbons (Fsp3) is 0.550. The predicted molar refractivity (Wildman–Crippen MR) is 95.9 cm³/mol. The molecule has 1 fully saturated rings. The van der Waals surface area contributed by atoms with E-state index in [1.807, 2.05) is 0 Å². The number of ketones is 1. The van der Waals surface area contributed by atoms with Crippen molar-refractivity contribution in [1.29, 1.82) is 0 Å². The molecule has 0 aromatic heterocycles. The van der Waals surface area contributed by atoms with Gasteiger partial charge in [0.25, 0.3) is 0 Å². The Morgan fingerprint density at radius 1 is 1.00 bits per heavy atom. The SMILES string of the molecule is CC(C)c1c(O)c(O)c2c(c1O)C(=O)C(O)=C1C(C)(C)[C@@H](O)CC[C@@]12C. The molecule has 0 amide bonds. The van der Waals surface area contributed by atoms with Gasteiger partial charge in [-0.05, 0) is 24.3 Å². The lowest BCUT2D eigenvalue weighted by Gasteiger charge is -2.51. The Bertz CT molecular complexity index is 849. The van der Waals surface area contributed by atoms with Crippen LogP contribution in [0.4, 0.5) is 0 Å². The molecular weight excluding hydrogens is 336 g/mol. The van der Waals surface area contributed by atoms with Gasteiger partial charge in [-0.1, -0.05) is 34.6 Å². The van der Waals surface area contributed by atoms with Gasteiger partial charge in [-0.25, -0.2) is 0 Å². The normalized spacial score (nSPS) is 27.5. The largest absolute Gasteiger partial charge is 0.507 e. The molecule has 0 saturated heterocycles. The number of allylic oxidation sites excluding steroid dienone is 1. The molecule has 3 rings (SSSR count). The van der Waals surface area contributed by atoms with E-state index in [4.69, 9.17) is 0 Å². The number of aliphatic hydroxyl groups is 2. The molecule has 2 aliphatic carbocycles. The van der Waals surface area contributed by atoms with Crippen molar-refractivity contribution in [3.05, 3.63) is 28.0 Å². The number of carbonyl (C=O) groups excluding carboxylic acids is 1. The first-order chi connectivity index (χ1) is 11.9. The van der Waals surface area contributed by atoms with Crippen LogP contribution in [0.25, 0.3) is 0 Å². The molecule has 1 aromatic rings. The monoisotopic (exact) mass is 362 g/mol. The molecule has 5 N–H and O–H groups in total. The number of aromatic hydroxyl groups is 3. The van der Waals surface area contributed by atoms with Gasteiger partial charge < -0.3 is 25.5 Å². The van der Waals surface area contributed by atoms with Crippen molar-refractivity contribution in [2.45, 2.75) is 64.9 Å². The quantitative estimate of drug-likeness (QED) is 0.386. The number of Topliss-reactive ketones (excluding diaryl/α,β-unsaturated/α-hetero) is 1. The maximum Gasteiger partial charge on any atom is 0.231 e. The summed E-state index contributed by atoms with van der Waals surface area (Å²) in [7, 11) is 0. The summed E-state index contributed by atoms with van der Waals surface area (Å²) in [5.41, 5.74) is -1.55. The number of aliphatic hydroxyl groups excluding tert-OH is 2. The summed E-state index contributed by atoms with van der Waals surface area (Å²) < 4.78 is 0. The standard InChI is InChI=1S/C20H26O6/c1-8(2)10-13(22)11-12(16(25)14(10)23)20(5)7-6-9(21)19(3,4)18(20)17(26)15(11)24/h8-9,21-23,25-26H,6-7H2,1-5H3/t9-,20+/m0/s1. The zero-order chi connectivity index (χ0) is 19.8. The van der Waals surface area contributed by atoms with Crippen molar-refractivity contribution in [2.24, 2.45) is 5.41 Å². The number of phenols is 3. The first-order valence-electron chi connectivity index (χ1n) is 8.85. The molecule has 142 valence electrons. The second-order valence-corrected chi connectivity index (χ2v) is 8.53. The van der Waals surface area contributed by atoms with E-state index in [-0.39, 0.29) is 22.6 Å². The predicted octanol–water partition coefficient (Wildman–Crippen LogP) is 3.37. The van der Waals surface area contributed by atoms with Crippen LogP contribution < -0.4 is 0 Å². The molecule has 2 atom stereocenters. The lowest BCUT2D eigenvalue weighted by molar-refractivity contribution is 0.0232. The number of fused-ring (bicyclic) bond motifs is 3. The van der Waals surface area contributed by atoms with Crippen LogP contribution in [-0.2, 0) is 5.41 Å². The molecular formula is C20H26O6. The Kier molecular flexibility index (Phi) is 3.85. The van der Waals surface area contributed by atoms with E-state index in [1.165, 1.54) is 0 Å². The lowest BCUT2D eigenvalue weighted by atomic mass is 9.53. The summed E-state index contributed by atoms with van der Waals surface area (Å²) in [6, 6.07) is 0. The molecule has 2 aliphatic rings. The molecule has 26 heavy (non-hydrogen) atoms. The molecule has 0 aliphatic heterocycles. The Morgan fingerprint density at radius 3 is 2.12 bits per heavy atom. The van der Waals surface area contributed by atoms with Gasteiger partial charge in [0.2, 0.25) is 5.78 Å². The zero-order valence-electron chi connectivity index (χ0n) is 15.7. The Morgan fingerprint density at radius 2 is 1.58 bits per heavy atom. The first kappa shape index (κ1) is 18.6. The second-order valence-electron chi connectivity index (χ2n) is 8.53. The van der Waals surface area contributed by atoms with Crippen LogP contribution in [-0.4, -0.2) is 37.4 Å². The van der Waals surface area contributed by atoms with Crippen molar-refractivity contribution in [1.82, 2.24) is 0 Å². The number of benzene rings is 1. The van der Waals surface area contributed by atoms with E-state index in [0.29, 0.717) is 18.4 Å². The maximum absolute atomic E-state index is 12.9. The molecule has 0 heterocycles. The first-order valence-corrected chi connectivity index (χ1v) is 8.85. The molecule has 0 spiro atoms. The van der Waals surface area contributed by atoms with Gasteiger partial charge in [-0.2, -0.15) is 0 Å². The molecule has 6 heteroatoms. The minimum atomic E-state index is -0.995. The second kappa shape index (κ2) is 5.39. The number of hydrogen-bond donors (Lipinski definition) is 5.